The molecular formula is C15H16ClN3O3. The SMILES string of the molecule is Cc1nc(C2CN(C(=O)Cc3ccc(Cl)cc3)CCO2)no1. The third kappa shape index (κ3) is 3.45. The van der Waals surface area contributed by atoms with Gasteiger partial charge in [0.2, 0.25) is 17.6 Å². The number of nitrogens with zero attached hydrogens (tertiary/aromatic N) is 3. The average molecular weight is 322 g/mol. The van der Waals surface area contributed by atoms with Crippen LogP contribution >= 0.6 is 11.6 Å². The molecule has 0 saturated carbocycles. The van der Waals surface area contributed by atoms with Crippen LogP contribution in [-0.4, -0.2) is 40.6 Å². The second-order valence-corrected chi connectivity index (χ2v) is 5.61. The maximum absolute atomic E-state index is 12.4. The van der Waals surface area contributed by atoms with Gasteiger partial charge in [-0.3, -0.25) is 4.79 Å². The molecule has 116 valence electrons. The quantitative estimate of drug-likeness (QED) is 0.866. The first-order valence-electron chi connectivity index (χ1n) is 7.06. The number of aryl methyl sites for hydroxylation is 1. The van der Waals surface area contributed by atoms with Crippen molar-refractivity contribution in [2.75, 3.05) is 19.7 Å². The van der Waals surface area contributed by atoms with E-state index in [0.29, 0.717) is 42.9 Å². The summed E-state index contributed by atoms with van der Waals surface area (Å²) in [6, 6.07) is 7.30. The first-order valence-corrected chi connectivity index (χ1v) is 7.43. The van der Waals surface area contributed by atoms with Gasteiger partial charge in [-0.05, 0) is 17.7 Å². The normalized spacial score (nSPS) is 18.5. The Labute approximate surface area is 133 Å². The lowest BCUT2D eigenvalue weighted by Crippen LogP contribution is -2.43. The van der Waals surface area contributed by atoms with Crippen molar-refractivity contribution in [2.45, 2.75) is 19.4 Å². The van der Waals surface area contributed by atoms with E-state index in [4.69, 9.17) is 20.9 Å². The van der Waals surface area contributed by atoms with Gasteiger partial charge in [0.15, 0.2) is 0 Å². The molecule has 1 aliphatic heterocycles. The van der Waals surface area contributed by atoms with Gasteiger partial charge in [-0.2, -0.15) is 4.98 Å². The van der Waals surface area contributed by atoms with Gasteiger partial charge >= 0.3 is 0 Å². The summed E-state index contributed by atoms with van der Waals surface area (Å²) in [5, 5.41) is 4.53. The Bertz CT molecular complexity index is 656. The highest BCUT2D eigenvalue weighted by molar-refractivity contribution is 6.30. The number of benzene rings is 1. The van der Waals surface area contributed by atoms with Crippen molar-refractivity contribution >= 4 is 17.5 Å². The Balaban J connectivity index is 1.63. The number of halogens is 1. The van der Waals surface area contributed by atoms with Gasteiger partial charge in [-0.15, -0.1) is 0 Å². The maximum Gasteiger partial charge on any atom is 0.227 e. The Hall–Kier alpha value is -1.92. The molecule has 7 heteroatoms. The number of ether oxygens (including phenoxy) is 1. The van der Waals surface area contributed by atoms with Gasteiger partial charge in [0, 0.05) is 18.5 Å². The zero-order valence-electron chi connectivity index (χ0n) is 12.2. The van der Waals surface area contributed by atoms with Crippen LogP contribution in [0.2, 0.25) is 5.02 Å². The summed E-state index contributed by atoms with van der Waals surface area (Å²) < 4.78 is 10.6. The van der Waals surface area contributed by atoms with E-state index in [1.54, 1.807) is 24.0 Å². The zero-order chi connectivity index (χ0) is 15.5. The van der Waals surface area contributed by atoms with Crippen molar-refractivity contribution in [3.8, 4) is 0 Å². The number of hydrogen-bond donors (Lipinski definition) is 0. The fraction of sp³-hybridized carbons (Fsp3) is 0.400. The van der Waals surface area contributed by atoms with Crippen LogP contribution in [0.3, 0.4) is 0 Å². The number of carbonyl (C=O) groups is 1. The molecule has 2 heterocycles. The second kappa shape index (κ2) is 6.46. The molecule has 1 fully saturated rings. The van der Waals surface area contributed by atoms with Gasteiger partial charge in [0.05, 0.1) is 19.6 Å². The first-order chi connectivity index (χ1) is 10.6. The molecule has 1 aromatic carbocycles. The van der Waals surface area contributed by atoms with E-state index in [2.05, 4.69) is 10.1 Å². The molecule has 0 aliphatic carbocycles. The molecule has 22 heavy (non-hydrogen) atoms. The minimum absolute atomic E-state index is 0.0517. The van der Waals surface area contributed by atoms with E-state index in [1.165, 1.54) is 0 Å². The van der Waals surface area contributed by atoms with Crippen molar-refractivity contribution in [1.29, 1.82) is 0 Å². The van der Waals surface area contributed by atoms with Crippen molar-refractivity contribution in [3.05, 3.63) is 46.6 Å². The summed E-state index contributed by atoms with van der Waals surface area (Å²) in [6.07, 6.45) is 0.00943. The molecule has 2 aromatic rings. The van der Waals surface area contributed by atoms with Crippen LogP contribution in [0.5, 0.6) is 0 Å². The number of rotatable bonds is 3. The van der Waals surface area contributed by atoms with Crippen LogP contribution in [0.25, 0.3) is 0 Å². The molecule has 1 unspecified atom stereocenters. The largest absolute Gasteiger partial charge is 0.366 e. The summed E-state index contributed by atoms with van der Waals surface area (Å²) in [7, 11) is 0. The topological polar surface area (TPSA) is 68.5 Å². The zero-order valence-corrected chi connectivity index (χ0v) is 12.9. The Morgan fingerprint density at radius 3 is 2.86 bits per heavy atom. The Morgan fingerprint density at radius 1 is 1.41 bits per heavy atom. The summed E-state index contributed by atoms with van der Waals surface area (Å²) >= 11 is 5.85. The monoisotopic (exact) mass is 321 g/mol. The highest BCUT2D eigenvalue weighted by Gasteiger charge is 2.28. The maximum atomic E-state index is 12.4. The fourth-order valence-electron chi connectivity index (χ4n) is 2.37. The van der Waals surface area contributed by atoms with Crippen molar-refractivity contribution in [2.24, 2.45) is 0 Å². The van der Waals surface area contributed by atoms with Crippen LogP contribution in [0.4, 0.5) is 0 Å². The van der Waals surface area contributed by atoms with E-state index in [0.717, 1.165) is 5.56 Å². The molecule has 1 atom stereocenters. The van der Waals surface area contributed by atoms with Gasteiger partial charge in [-0.25, -0.2) is 0 Å². The predicted molar refractivity (Wildman–Crippen MR) is 79.5 cm³/mol. The molecule has 0 N–H and O–H groups in total. The summed E-state index contributed by atoms with van der Waals surface area (Å²) in [4.78, 5) is 18.3. The third-order valence-electron chi connectivity index (χ3n) is 3.52. The van der Waals surface area contributed by atoms with Gasteiger partial charge < -0.3 is 14.2 Å². The Morgan fingerprint density at radius 2 is 2.18 bits per heavy atom. The fourth-order valence-corrected chi connectivity index (χ4v) is 2.49. The van der Waals surface area contributed by atoms with Crippen molar-refractivity contribution in [3.63, 3.8) is 0 Å². The van der Waals surface area contributed by atoms with E-state index < -0.39 is 0 Å². The number of amides is 1. The molecule has 1 amide bonds. The van der Waals surface area contributed by atoms with Gasteiger partial charge in [-0.1, -0.05) is 28.9 Å². The van der Waals surface area contributed by atoms with Crippen LogP contribution < -0.4 is 0 Å². The van der Waals surface area contributed by atoms with E-state index in [1.807, 2.05) is 12.1 Å². The molecule has 1 saturated heterocycles. The summed E-state index contributed by atoms with van der Waals surface area (Å²) in [5.74, 6) is 1.03. The molecule has 1 aliphatic rings. The second-order valence-electron chi connectivity index (χ2n) is 5.17. The number of aromatic nitrogens is 2. The Kier molecular flexibility index (Phi) is 4.40. The third-order valence-corrected chi connectivity index (χ3v) is 3.77. The standard InChI is InChI=1S/C15H16ClN3O3/c1-10-17-15(18-22-10)13-9-19(6-7-21-13)14(20)8-11-2-4-12(16)5-3-11/h2-5,13H,6-9H2,1H3. The first kappa shape index (κ1) is 15.0. The van der Waals surface area contributed by atoms with Crippen LogP contribution in [0.15, 0.2) is 28.8 Å². The van der Waals surface area contributed by atoms with Crippen LogP contribution in [0.1, 0.15) is 23.4 Å². The van der Waals surface area contributed by atoms with E-state index in [-0.39, 0.29) is 12.0 Å². The highest BCUT2D eigenvalue weighted by Crippen LogP contribution is 2.20. The average Bonchev–Trinajstić information content (AvgIpc) is 2.96. The lowest BCUT2D eigenvalue weighted by molar-refractivity contribution is -0.138. The van der Waals surface area contributed by atoms with E-state index in [9.17, 15) is 4.79 Å². The summed E-state index contributed by atoms with van der Waals surface area (Å²) in [5.41, 5.74) is 0.938. The lowest BCUT2D eigenvalue weighted by Gasteiger charge is -2.31. The van der Waals surface area contributed by atoms with Gasteiger partial charge in [0.25, 0.3) is 0 Å². The van der Waals surface area contributed by atoms with Crippen LogP contribution in [-0.2, 0) is 16.0 Å². The minimum Gasteiger partial charge on any atom is -0.366 e. The van der Waals surface area contributed by atoms with E-state index >= 15 is 0 Å². The molecular weight excluding hydrogens is 306 g/mol. The molecule has 1 aromatic heterocycles. The molecule has 0 bridgehead atoms. The number of hydrogen-bond acceptors (Lipinski definition) is 5. The smallest absolute Gasteiger partial charge is 0.227 e. The van der Waals surface area contributed by atoms with Crippen molar-refractivity contribution in [1.82, 2.24) is 15.0 Å². The van der Waals surface area contributed by atoms with Crippen molar-refractivity contribution < 1.29 is 14.1 Å². The number of morpholine rings is 1. The lowest BCUT2D eigenvalue weighted by atomic mass is 10.1. The van der Waals surface area contributed by atoms with Gasteiger partial charge in [0.1, 0.15) is 6.10 Å². The molecule has 6 nitrogen and oxygen atoms in total. The molecule has 0 spiro atoms. The highest BCUT2D eigenvalue weighted by atomic mass is 35.5. The number of carbonyl (C=O) groups excluding carboxylic acids is 1. The molecule has 0 radical (unpaired) electrons. The molecule has 3 rings (SSSR count). The summed E-state index contributed by atoms with van der Waals surface area (Å²) in [6.45, 7) is 3.19. The minimum atomic E-state index is -0.333. The predicted octanol–water partition coefficient (Wildman–Crippen LogP) is 2.17. The van der Waals surface area contributed by atoms with Crippen LogP contribution in [0, 0.1) is 6.92 Å².